The molecule has 0 atom stereocenters. The Bertz CT molecular complexity index is 462. The van der Waals surface area contributed by atoms with Gasteiger partial charge in [-0.2, -0.15) is 0 Å². The minimum Gasteiger partial charge on any atom is -0.465 e. The van der Waals surface area contributed by atoms with E-state index >= 15 is 0 Å². The van der Waals surface area contributed by atoms with E-state index in [1.807, 2.05) is 0 Å². The van der Waals surface area contributed by atoms with Crippen LogP contribution < -0.4 is 4.90 Å². The van der Waals surface area contributed by atoms with Gasteiger partial charge in [0.05, 0.1) is 17.3 Å². The summed E-state index contributed by atoms with van der Waals surface area (Å²) in [7, 11) is 1.37. The zero-order valence-electron chi connectivity index (χ0n) is 10.1. The molecule has 0 unspecified atom stereocenters. The highest BCUT2D eigenvalue weighted by Crippen LogP contribution is 2.36. The van der Waals surface area contributed by atoms with Crippen molar-refractivity contribution in [3.8, 4) is 0 Å². The summed E-state index contributed by atoms with van der Waals surface area (Å²) in [6, 6.07) is 0. The van der Waals surface area contributed by atoms with E-state index in [0.717, 1.165) is 31.6 Å². The van der Waals surface area contributed by atoms with E-state index in [-0.39, 0.29) is 5.97 Å². The number of ether oxygens (including phenoxy) is 1. The molecule has 0 amide bonds. The van der Waals surface area contributed by atoms with E-state index in [4.69, 9.17) is 16.3 Å². The Morgan fingerprint density at radius 2 is 2.11 bits per heavy atom. The molecule has 1 aliphatic heterocycles. The molecule has 0 radical (unpaired) electrons. The fourth-order valence-corrected chi connectivity index (χ4v) is 2.85. The van der Waals surface area contributed by atoms with Crippen molar-refractivity contribution in [3.05, 3.63) is 21.4 Å². The maximum atomic E-state index is 11.8. The van der Waals surface area contributed by atoms with E-state index in [1.165, 1.54) is 19.7 Å². The highest BCUT2D eigenvalue weighted by Gasteiger charge is 2.23. The Labute approximate surface area is 119 Å². The second-order valence-corrected chi connectivity index (χ2v) is 5.32. The molecular formula is C12H14BrClN2O2. The molecule has 1 aliphatic rings. The molecule has 1 saturated heterocycles. The van der Waals surface area contributed by atoms with Crippen molar-refractivity contribution < 1.29 is 9.53 Å². The number of esters is 1. The smallest absolute Gasteiger partial charge is 0.341 e. The fraction of sp³-hybridized carbons (Fsp3) is 0.500. The molecular weight excluding hydrogens is 320 g/mol. The Balaban J connectivity index is 2.46. The molecule has 0 bridgehead atoms. The van der Waals surface area contributed by atoms with E-state index in [9.17, 15) is 4.79 Å². The maximum absolute atomic E-state index is 11.8. The number of pyridine rings is 1. The Morgan fingerprint density at radius 3 is 2.72 bits per heavy atom. The molecule has 2 heterocycles. The number of piperidine rings is 1. The first-order valence-corrected chi connectivity index (χ1v) is 6.99. The average Bonchev–Trinajstić information content (AvgIpc) is 2.41. The molecule has 0 saturated carbocycles. The van der Waals surface area contributed by atoms with Gasteiger partial charge in [0.2, 0.25) is 0 Å². The number of aromatic nitrogens is 1. The zero-order valence-corrected chi connectivity index (χ0v) is 12.4. The normalized spacial score (nSPS) is 15.6. The van der Waals surface area contributed by atoms with Gasteiger partial charge in [-0.1, -0.05) is 11.6 Å². The minimum atomic E-state index is -0.388. The Morgan fingerprint density at radius 1 is 1.44 bits per heavy atom. The van der Waals surface area contributed by atoms with Crippen LogP contribution in [0.15, 0.2) is 10.7 Å². The summed E-state index contributed by atoms with van der Waals surface area (Å²) in [6.07, 6.45) is 4.93. The van der Waals surface area contributed by atoms with Gasteiger partial charge < -0.3 is 9.64 Å². The van der Waals surface area contributed by atoms with Crippen LogP contribution in [0.2, 0.25) is 5.15 Å². The van der Waals surface area contributed by atoms with Gasteiger partial charge in [0.25, 0.3) is 0 Å². The lowest BCUT2D eigenvalue weighted by molar-refractivity contribution is 0.0601. The minimum absolute atomic E-state index is 0.364. The fourth-order valence-electron chi connectivity index (χ4n) is 2.14. The van der Waals surface area contributed by atoms with Gasteiger partial charge in [-0.15, -0.1) is 0 Å². The average molecular weight is 334 g/mol. The van der Waals surface area contributed by atoms with Crippen LogP contribution in [-0.4, -0.2) is 31.2 Å². The number of halogens is 2. The molecule has 1 fully saturated rings. The second-order valence-electron chi connectivity index (χ2n) is 4.16. The van der Waals surface area contributed by atoms with Crippen molar-refractivity contribution >= 4 is 39.2 Å². The van der Waals surface area contributed by atoms with Crippen molar-refractivity contribution in [2.45, 2.75) is 19.3 Å². The van der Waals surface area contributed by atoms with Crippen LogP contribution in [-0.2, 0) is 4.74 Å². The lowest BCUT2D eigenvalue weighted by Gasteiger charge is -2.31. The molecule has 2 rings (SSSR count). The SMILES string of the molecule is COC(=O)c1cnc(Cl)c(Br)c1N1CCCCC1. The number of carbonyl (C=O) groups is 1. The van der Waals surface area contributed by atoms with Crippen LogP contribution in [0.1, 0.15) is 29.6 Å². The molecule has 0 N–H and O–H groups in total. The predicted molar refractivity (Wildman–Crippen MR) is 74.4 cm³/mol. The topological polar surface area (TPSA) is 42.4 Å². The zero-order chi connectivity index (χ0) is 13.1. The largest absolute Gasteiger partial charge is 0.465 e. The summed E-state index contributed by atoms with van der Waals surface area (Å²) >= 11 is 9.44. The predicted octanol–water partition coefficient (Wildman–Crippen LogP) is 3.27. The molecule has 1 aromatic rings. The van der Waals surface area contributed by atoms with Crippen molar-refractivity contribution in [1.82, 2.24) is 4.98 Å². The highest BCUT2D eigenvalue weighted by molar-refractivity contribution is 9.10. The molecule has 0 aliphatic carbocycles. The molecule has 4 nitrogen and oxygen atoms in total. The van der Waals surface area contributed by atoms with Crippen LogP contribution in [0.25, 0.3) is 0 Å². The maximum Gasteiger partial charge on any atom is 0.341 e. The number of nitrogens with zero attached hydrogens (tertiary/aromatic N) is 2. The summed E-state index contributed by atoms with van der Waals surface area (Å²) in [6.45, 7) is 1.84. The summed E-state index contributed by atoms with van der Waals surface area (Å²) in [4.78, 5) is 17.9. The first-order chi connectivity index (χ1) is 8.65. The third-order valence-corrected chi connectivity index (χ3v) is 4.29. The van der Waals surface area contributed by atoms with Gasteiger partial charge >= 0.3 is 5.97 Å². The van der Waals surface area contributed by atoms with E-state index in [1.54, 1.807) is 0 Å². The first-order valence-electron chi connectivity index (χ1n) is 5.82. The summed E-state index contributed by atoms with van der Waals surface area (Å²) < 4.78 is 5.45. The molecule has 1 aromatic heterocycles. The molecule has 6 heteroatoms. The van der Waals surface area contributed by atoms with E-state index in [0.29, 0.717) is 15.2 Å². The lowest BCUT2D eigenvalue weighted by Crippen LogP contribution is -2.31. The highest BCUT2D eigenvalue weighted by atomic mass is 79.9. The van der Waals surface area contributed by atoms with Gasteiger partial charge in [0, 0.05) is 19.3 Å². The monoisotopic (exact) mass is 332 g/mol. The van der Waals surface area contributed by atoms with Crippen LogP contribution in [0, 0.1) is 0 Å². The second kappa shape index (κ2) is 5.89. The number of hydrogen-bond acceptors (Lipinski definition) is 4. The number of methoxy groups -OCH3 is 1. The van der Waals surface area contributed by atoms with Crippen LogP contribution >= 0.6 is 27.5 Å². The standard InChI is InChI=1S/C12H14BrClN2O2/c1-18-12(17)8-7-15-11(14)9(13)10(8)16-5-3-2-4-6-16/h7H,2-6H2,1H3. The molecule has 0 aromatic carbocycles. The quantitative estimate of drug-likeness (QED) is 0.615. The van der Waals surface area contributed by atoms with Gasteiger partial charge in [0.15, 0.2) is 0 Å². The molecule has 0 spiro atoms. The summed E-state index contributed by atoms with van der Waals surface area (Å²) in [5.41, 5.74) is 1.25. The van der Waals surface area contributed by atoms with Gasteiger partial charge in [-0.3, -0.25) is 0 Å². The van der Waals surface area contributed by atoms with Gasteiger partial charge in [0.1, 0.15) is 10.7 Å². The Kier molecular flexibility index (Phi) is 4.45. The van der Waals surface area contributed by atoms with Gasteiger partial charge in [-0.25, -0.2) is 9.78 Å². The Hall–Kier alpha value is -0.810. The lowest BCUT2D eigenvalue weighted by atomic mass is 10.1. The number of rotatable bonds is 2. The van der Waals surface area contributed by atoms with Crippen LogP contribution in [0.3, 0.4) is 0 Å². The van der Waals surface area contributed by atoms with E-state index < -0.39 is 0 Å². The third-order valence-electron chi connectivity index (χ3n) is 3.03. The van der Waals surface area contributed by atoms with Gasteiger partial charge in [-0.05, 0) is 35.2 Å². The number of hydrogen-bond donors (Lipinski definition) is 0. The van der Waals surface area contributed by atoms with Crippen molar-refractivity contribution in [2.75, 3.05) is 25.1 Å². The van der Waals surface area contributed by atoms with Crippen LogP contribution in [0.5, 0.6) is 0 Å². The van der Waals surface area contributed by atoms with Crippen molar-refractivity contribution in [3.63, 3.8) is 0 Å². The number of anilines is 1. The van der Waals surface area contributed by atoms with E-state index in [2.05, 4.69) is 25.8 Å². The van der Waals surface area contributed by atoms with Crippen molar-refractivity contribution in [2.24, 2.45) is 0 Å². The van der Waals surface area contributed by atoms with Crippen LogP contribution in [0.4, 0.5) is 5.69 Å². The number of carbonyl (C=O) groups excluding carboxylic acids is 1. The molecule has 98 valence electrons. The summed E-state index contributed by atoms with van der Waals surface area (Å²) in [5, 5.41) is 0.364. The first kappa shape index (κ1) is 13.6. The third kappa shape index (κ3) is 2.62. The summed E-state index contributed by atoms with van der Waals surface area (Å²) in [5.74, 6) is -0.388. The molecule has 18 heavy (non-hydrogen) atoms. The van der Waals surface area contributed by atoms with Crippen molar-refractivity contribution in [1.29, 1.82) is 0 Å².